The Bertz CT molecular complexity index is 1010. The number of nitrogens with two attached hydrogens (primary N) is 1. The molecule has 27 heavy (non-hydrogen) atoms. The Kier molecular flexibility index (Phi) is 4.93. The van der Waals surface area contributed by atoms with Gasteiger partial charge < -0.3 is 15.2 Å². The molecule has 2 heterocycles. The molecule has 0 saturated heterocycles. The van der Waals surface area contributed by atoms with Crippen LogP contribution in [0.5, 0.6) is 11.5 Å². The first-order chi connectivity index (χ1) is 13.1. The summed E-state index contributed by atoms with van der Waals surface area (Å²) >= 11 is 5.19. The van der Waals surface area contributed by atoms with Crippen molar-refractivity contribution in [3.63, 3.8) is 0 Å². The number of fused-ring (bicyclic) bond motifs is 3. The summed E-state index contributed by atoms with van der Waals surface area (Å²) < 4.78 is 13.0. The lowest BCUT2D eigenvalue weighted by Gasteiger charge is -2.29. The predicted octanol–water partition coefficient (Wildman–Crippen LogP) is 5.09. The number of carbonyl (C=O) groups excluding carboxylic acids is 1. The van der Waals surface area contributed by atoms with Gasteiger partial charge in [0.2, 0.25) is 5.91 Å². The SMILES string of the molecule is COc1cccc2c1-c1ccc(CCC(N)=O)cc1C(c1ccc(Br)s1)O2. The van der Waals surface area contributed by atoms with Crippen LogP contribution in [0.1, 0.15) is 28.5 Å². The van der Waals surface area contributed by atoms with Gasteiger partial charge in [-0.15, -0.1) is 11.3 Å². The van der Waals surface area contributed by atoms with Crippen LogP contribution in [0.3, 0.4) is 0 Å². The number of primary amides is 1. The van der Waals surface area contributed by atoms with Gasteiger partial charge in [-0.2, -0.15) is 0 Å². The molecule has 1 unspecified atom stereocenters. The molecule has 3 aromatic rings. The maximum Gasteiger partial charge on any atom is 0.217 e. The number of carbonyl (C=O) groups is 1. The molecule has 1 aliphatic rings. The number of benzene rings is 2. The van der Waals surface area contributed by atoms with Crippen molar-refractivity contribution in [1.82, 2.24) is 0 Å². The van der Waals surface area contributed by atoms with E-state index in [-0.39, 0.29) is 12.0 Å². The summed E-state index contributed by atoms with van der Waals surface area (Å²) in [6.45, 7) is 0. The topological polar surface area (TPSA) is 61.5 Å². The van der Waals surface area contributed by atoms with E-state index in [1.807, 2.05) is 30.3 Å². The number of methoxy groups -OCH3 is 1. The van der Waals surface area contributed by atoms with Crippen molar-refractivity contribution < 1.29 is 14.3 Å². The van der Waals surface area contributed by atoms with Gasteiger partial charge >= 0.3 is 0 Å². The van der Waals surface area contributed by atoms with E-state index in [1.165, 1.54) is 0 Å². The van der Waals surface area contributed by atoms with E-state index in [0.29, 0.717) is 12.8 Å². The first kappa shape index (κ1) is 18.1. The number of aryl methyl sites for hydroxylation is 1. The van der Waals surface area contributed by atoms with Gasteiger partial charge in [-0.1, -0.05) is 24.3 Å². The minimum Gasteiger partial charge on any atom is -0.496 e. The number of hydrogen-bond acceptors (Lipinski definition) is 4. The molecule has 0 radical (unpaired) electrons. The molecule has 4 rings (SSSR count). The second kappa shape index (κ2) is 7.37. The second-order valence-electron chi connectivity index (χ2n) is 6.36. The van der Waals surface area contributed by atoms with E-state index < -0.39 is 0 Å². The molecule has 6 heteroatoms. The number of amides is 1. The molecule has 2 N–H and O–H groups in total. The fraction of sp³-hybridized carbons (Fsp3) is 0.190. The van der Waals surface area contributed by atoms with Crippen LogP contribution in [0.15, 0.2) is 52.3 Å². The molecule has 1 atom stereocenters. The van der Waals surface area contributed by atoms with E-state index in [4.69, 9.17) is 15.2 Å². The monoisotopic (exact) mass is 443 g/mol. The average Bonchev–Trinajstić information content (AvgIpc) is 3.11. The number of ether oxygens (including phenoxy) is 2. The second-order valence-corrected chi connectivity index (χ2v) is 8.86. The lowest BCUT2D eigenvalue weighted by molar-refractivity contribution is -0.117. The summed E-state index contributed by atoms with van der Waals surface area (Å²) in [5, 5.41) is 0. The van der Waals surface area contributed by atoms with Crippen LogP contribution in [0, 0.1) is 0 Å². The van der Waals surface area contributed by atoms with Crippen molar-refractivity contribution in [3.05, 3.63) is 68.3 Å². The molecule has 0 fully saturated rings. The third-order valence-corrected chi connectivity index (χ3v) is 6.30. The highest BCUT2D eigenvalue weighted by atomic mass is 79.9. The van der Waals surface area contributed by atoms with Gasteiger partial charge in [-0.25, -0.2) is 0 Å². The molecule has 138 valence electrons. The molecule has 1 amide bonds. The Morgan fingerprint density at radius 1 is 1.26 bits per heavy atom. The molecular weight excluding hydrogens is 426 g/mol. The van der Waals surface area contributed by atoms with Crippen LogP contribution < -0.4 is 15.2 Å². The van der Waals surface area contributed by atoms with Gasteiger partial charge in [0.25, 0.3) is 0 Å². The van der Waals surface area contributed by atoms with Crippen LogP contribution in [-0.2, 0) is 11.2 Å². The zero-order valence-electron chi connectivity index (χ0n) is 14.7. The van der Waals surface area contributed by atoms with E-state index >= 15 is 0 Å². The minimum absolute atomic E-state index is 0.204. The fourth-order valence-electron chi connectivity index (χ4n) is 3.40. The van der Waals surface area contributed by atoms with Crippen LogP contribution in [0.2, 0.25) is 0 Å². The van der Waals surface area contributed by atoms with Gasteiger partial charge in [-0.05, 0) is 57.7 Å². The Morgan fingerprint density at radius 3 is 2.81 bits per heavy atom. The van der Waals surface area contributed by atoms with Gasteiger partial charge in [0.05, 0.1) is 21.3 Å². The number of hydrogen-bond donors (Lipinski definition) is 1. The van der Waals surface area contributed by atoms with Crippen molar-refractivity contribution in [2.45, 2.75) is 18.9 Å². The third-order valence-electron chi connectivity index (χ3n) is 4.63. The summed E-state index contributed by atoms with van der Waals surface area (Å²) in [5.41, 5.74) is 9.50. The van der Waals surface area contributed by atoms with E-state index in [9.17, 15) is 4.79 Å². The summed E-state index contributed by atoms with van der Waals surface area (Å²) in [6, 6.07) is 16.2. The molecule has 4 nitrogen and oxygen atoms in total. The highest BCUT2D eigenvalue weighted by Gasteiger charge is 2.30. The van der Waals surface area contributed by atoms with Crippen molar-refractivity contribution in [2.24, 2.45) is 5.73 Å². The van der Waals surface area contributed by atoms with Crippen molar-refractivity contribution in [3.8, 4) is 22.6 Å². The first-order valence-corrected chi connectivity index (χ1v) is 10.2. The van der Waals surface area contributed by atoms with E-state index in [2.05, 4.69) is 34.1 Å². The minimum atomic E-state index is -0.297. The Morgan fingerprint density at radius 2 is 2.11 bits per heavy atom. The van der Waals surface area contributed by atoms with Gasteiger partial charge in [0.1, 0.15) is 11.5 Å². The van der Waals surface area contributed by atoms with Crippen LogP contribution >= 0.6 is 27.3 Å². The predicted molar refractivity (Wildman–Crippen MR) is 110 cm³/mol. The highest BCUT2D eigenvalue weighted by Crippen LogP contribution is 2.50. The number of thiophene rings is 1. The standard InChI is InChI=1S/C21H18BrNO3S/c1-25-15-3-2-4-16-20(15)13-7-5-12(6-10-19(23)24)11-14(13)21(26-16)17-8-9-18(22)27-17/h2-5,7-9,11,21H,6,10H2,1H3,(H2,23,24). The quantitative estimate of drug-likeness (QED) is 0.597. The summed E-state index contributed by atoms with van der Waals surface area (Å²) in [4.78, 5) is 12.3. The molecule has 1 aliphatic heterocycles. The zero-order valence-corrected chi connectivity index (χ0v) is 17.1. The molecule has 2 aromatic carbocycles. The Balaban J connectivity index is 1.86. The third kappa shape index (κ3) is 3.47. The van der Waals surface area contributed by atoms with Crippen molar-refractivity contribution >= 4 is 33.2 Å². The average molecular weight is 444 g/mol. The lowest BCUT2D eigenvalue weighted by atomic mass is 9.89. The first-order valence-electron chi connectivity index (χ1n) is 8.57. The lowest BCUT2D eigenvalue weighted by Crippen LogP contribution is -2.16. The van der Waals surface area contributed by atoms with E-state index in [1.54, 1.807) is 18.4 Å². The van der Waals surface area contributed by atoms with Crippen LogP contribution in [0.25, 0.3) is 11.1 Å². The molecule has 0 saturated carbocycles. The van der Waals surface area contributed by atoms with Crippen molar-refractivity contribution in [2.75, 3.05) is 7.11 Å². The molecule has 0 spiro atoms. The molecule has 0 bridgehead atoms. The van der Waals surface area contributed by atoms with Gasteiger partial charge in [-0.3, -0.25) is 4.79 Å². The Labute approximate surface area is 170 Å². The van der Waals surface area contributed by atoms with Crippen molar-refractivity contribution in [1.29, 1.82) is 0 Å². The fourth-order valence-corrected chi connectivity index (χ4v) is 4.87. The maximum absolute atomic E-state index is 11.2. The van der Waals surface area contributed by atoms with E-state index in [0.717, 1.165) is 42.4 Å². The molecular formula is C21H18BrNO3S. The van der Waals surface area contributed by atoms with Crippen LogP contribution in [-0.4, -0.2) is 13.0 Å². The maximum atomic E-state index is 11.2. The summed E-state index contributed by atoms with van der Waals surface area (Å²) in [6.07, 6.45) is 0.737. The number of halogens is 1. The van der Waals surface area contributed by atoms with Gasteiger partial charge in [0, 0.05) is 12.0 Å². The number of rotatable bonds is 5. The summed E-state index contributed by atoms with van der Waals surface area (Å²) in [7, 11) is 1.67. The largest absolute Gasteiger partial charge is 0.496 e. The normalized spacial score (nSPS) is 14.8. The van der Waals surface area contributed by atoms with Gasteiger partial charge in [0.15, 0.2) is 6.10 Å². The molecule has 1 aromatic heterocycles. The zero-order chi connectivity index (χ0) is 19.0. The summed E-state index contributed by atoms with van der Waals surface area (Å²) in [5.74, 6) is 1.29. The highest BCUT2D eigenvalue weighted by molar-refractivity contribution is 9.11. The van der Waals surface area contributed by atoms with Crippen LogP contribution in [0.4, 0.5) is 0 Å². The smallest absolute Gasteiger partial charge is 0.217 e. The molecule has 0 aliphatic carbocycles. The Hall–Kier alpha value is -2.31.